The van der Waals surface area contributed by atoms with Crippen LogP contribution in [0.15, 0.2) is 28.0 Å². The summed E-state index contributed by atoms with van der Waals surface area (Å²) in [6.07, 6.45) is 0.566. The van der Waals surface area contributed by atoms with E-state index in [2.05, 4.69) is 25.4 Å². The van der Waals surface area contributed by atoms with Gasteiger partial charge in [-0.1, -0.05) is 10.6 Å². The first kappa shape index (κ1) is 15.3. The zero-order chi connectivity index (χ0) is 16.2. The number of benzene rings is 1. The molecule has 1 aromatic carbocycles. The molecule has 23 heavy (non-hydrogen) atoms. The monoisotopic (exact) mass is 320 g/mol. The third kappa shape index (κ3) is 3.42. The number of amidine groups is 1. The van der Waals surface area contributed by atoms with Crippen molar-refractivity contribution >= 4 is 24.8 Å². The van der Waals surface area contributed by atoms with E-state index in [0.717, 1.165) is 6.42 Å². The van der Waals surface area contributed by atoms with Crippen LogP contribution in [-0.4, -0.2) is 48.5 Å². The smallest absolute Gasteiger partial charge is 0.287 e. The van der Waals surface area contributed by atoms with Crippen LogP contribution in [0, 0.1) is 5.82 Å². The molecule has 0 spiro atoms. The maximum absolute atomic E-state index is 13.3. The van der Waals surface area contributed by atoms with E-state index in [9.17, 15) is 9.60 Å². The van der Waals surface area contributed by atoms with Crippen molar-refractivity contribution in [1.82, 2.24) is 10.3 Å². The second-order valence-electron chi connectivity index (χ2n) is 5.06. The van der Waals surface area contributed by atoms with Crippen molar-refractivity contribution in [2.75, 3.05) is 18.5 Å². The molecule has 0 saturated carbocycles. The van der Waals surface area contributed by atoms with Gasteiger partial charge >= 0.3 is 0 Å². The molecule has 1 aliphatic rings. The minimum atomic E-state index is -0.327. The Labute approximate surface area is 131 Å². The molecule has 0 aliphatic carbocycles. The highest BCUT2D eigenvalue weighted by atomic mass is 19.1. The number of oxime groups is 1. The molecule has 0 radical (unpaired) electrons. The van der Waals surface area contributed by atoms with Crippen molar-refractivity contribution in [1.29, 1.82) is 0 Å². The summed E-state index contributed by atoms with van der Waals surface area (Å²) >= 11 is 0. The highest BCUT2D eigenvalue weighted by Crippen LogP contribution is 2.20. The van der Waals surface area contributed by atoms with Gasteiger partial charge in [-0.3, -0.25) is 0 Å². The van der Waals surface area contributed by atoms with Crippen molar-refractivity contribution in [3.05, 3.63) is 29.7 Å². The largest absolute Gasteiger partial charge is 0.468 e. The van der Waals surface area contributed by atoms with Gasteiger partial charge in [0.2, 0.25) is 11.5 Å². The second-order valence-corrected chi connectivity index (χ2v) is 5.06. The number of aromatic nitrogens is 2. The van der Waals surface area contributed by atoms with Crippen LogP contribution in [0.3, 0.4) is 0 Å². The first-order valence-corrected chi connectivity index (χ1v) is 7.00. The predicted octanol–water partition coefficient (Wildman–Crippen LogP) is -0.117. The average Bonchev–Trinajstić information content (AvgIpc) is 3.21. The minimum absolute atomic E-state index is 0.0221. The summed E-state index contributed by atoms with van der Waals surface area (Å²) in [4.78, 5) is 0. The van der Waals surface area contributed by atoms with Gasteiger partial charge in [-0.15, -0.1) is 0 Å². The first-order chi connectivity index (χ1) is 11.2. The lowest BCUT2D eigenvalue weighted by atomic mass is 9.95. The number of halogens is 1. The van der Waals surface area contributed by atoms with Gasteiger partial charge in [0.05, 0.1) is 13.2 Å². The fourth-order valence-electron chi connectivity index (χ4n) is 2.16. The van der Waals surface area contributed by atoms with Gasteiger partial charge in [0.15, 0.2) is 0 Å². The summed E-state index contributed by atoms with van der Waals surface area (Å²) in [5.74, 6) is -0.253. The van der Waals surface area contributed by atoms with Crippen LogP contribution >= 0.6 is 0 Å². The number of hydrogen-bond acceptors (Lipinski definition) is 7. The molecule has 1 aliphatic heterocycles. The third-order valence-electron chi connectivity index (χ3n) is 3.37. The van der Waals surface area contributed by atoms with Gasteiger partial charge < -0.3 is 20.0 Å². The lowest BCUT2D eigenvalue weighted by Gasteiger charge is -2.11. The van der Waals surface area contributed by atoms with Gasteiger partial charge in [-0.05, 0) is 28.5 Å². The van der Waals surface area contributed by atoms with Gasteiger partial charge in [-0.25, -0.2) is 9.02 Å². The summed E-state index contributed by atoms with van der Waals surface area (Å²) in [6.45, 7) is 1.06. The minimum Gasteiger partial charge on any atom is -0.468 e. The van der Waals surface area contributed by atoms with Crippen LogP contribution in [0.5, 0.6) is 5.88 Å². The van der Waals surface area contributed by atoms with E-state index in [1.54, 1.807) is 13.9 Å². The highest BCUT2D eigenvalue weighted by molar-refractivity contribution is 6.32. The molecule has 2 heterocycles. The van der Waals surface area contributed by atoms with Gasteiger partial charge in [0, 0.05) is 12.1 Å². The number of ether oxygens (including phenoxy) is 2. The fraction of sp³-hybridized carbons (Fsp3) is 0.308. The van der Waals surface area contributed by atoms with Gasteiger partial charge in [-0.2, -0.15) is 0 Å². The van der Waals surface area contributed by atoms with Gasteiger partial charge in [0.25, 0.3) is 5.88 Å². The van der Waals surface area contributed by atoms with Gasteiger partial charge in [0.1, 0.15) is 19.8 Å². The maximum Gasteiger partial charge on any atom is 0.287 e. The number of nitrogens with zero attached hydrogens (tertiary/aromatic N) is 3. The molecule has 1 atom stereocenters. The molecule has 0 bridgehead atoms. The molecule has 0 amide bonds. The molecular formula is C13H14BFN4O4. The molecule has 2 aromatic rings. The van der Waals surface area contributed by atoms with E-state index in [-0.39, 0.29) is 29.3 Å². The van der Waals surface area contributed by atoms with E-state index in [4.69, 9.17) is 9.47 Å². The fourth-order valence-corrected chi connectivity index (χ4v) is 2.16. The molecule has 8 nitrogen and oxygen atoms in total. The second kappa shape index (κ2) is 6.65. The quantitative estimate of drug-likeness (QED) is 0.266. The van der Waals surface area contributed by atoms with E-state index in [1.807, 2.05) is 0 Å². The number of anilines is 1. The Balaban J connectivity index is 1.78. The van der Waals surface area contributed by atoms with E-state index < -0.39 is 0 Å². The van der Waals surface area contributed by atoms with Crippen molar-refractivity contribution in [2.45, 2.75) is 12.5 Å². The SMILES string of the molecule is Bc1cc(N/C(=N\O)c2nonc2OC2CCOC2)ccc1F. The molecule has 2 N–H and O–H groups in total. The highest BCUT2D eigenvalue weighted by Gasteiger charge is 2.24. The lowest BCUT2D eigenvalue weighted by Crippen LogP contribution is -2.21. The number of nitrogens with one attached hydrogen (secondary N) is 1. The van der Waals surface area contributed by atoms with Crippen molar-refractivity contribution < 1.29 is 23.7 Å². The van der Waals surface area contributed by atoms with Crippen LogP contribution in [0.2, 0.25) is 0 Å². The number of rotatable bonds is 4. The summed E-state index contributed by atoms with van der Waals surface area (Å²) < 4.78 is 28.8. The third-order valence-corrected chi connectivity index (χ3v) is 3.37. The zero-order valence-electron chi connectivity index (χ0n) is 12.3. The Bertz CT molecular complexity index is 718. The Morgan fingerprint density at radius 2 is 2.35 bits per heavy atom. The Morgan fingerprint density at radius 1 is 1.48 bits per heavy atom. The molecule has 1 saturated heterocycles. The normalized spacial score (nSPS) is 18.1. The number of hydrogen-bond donors (Lipinski definition) is 2. The van der Waals surface area contributed by atoms with E-state index in [1.165, 1.54) is 12.1 Å². The molecule has 10 heteroatoms. The van der Waals surface area contributed by atoms with Crippen LogP contribution in [0.1, 0.15) is 12.1 Å². The summed E-state index contributed by atoms with van der Waals surface area (Å²) in [5, 5.41) is 22.6. The van der Waals surface area contributed by atoms with Crippen LogP contribution in [-0.2, 0) is 4.74 Å². The topological polar surface area (TPSA) is 102 Å². The first-order valence-electron chi connectivity index (χ1n) is 7.00. The van der Waals surface area contributed by atoms with E-state index >= 15 is 0 Å². The Kier molecular flexibility index (Phi) is 4.42. The predicted molar refractivity (Wildman–Crippen MR) is 80.7 cm³/mol. The zero-order valence-corrected chi connectivity index (χ0v) is 12.3. The lowest BCUT2D eigenvalue weighted by molar-refractivity contribution is 0.133. The Hall–Kier alpha value is -2.62. The molecular weight excluding hydrogens is 306 g/mol. The summed E-state index contributed by atoms with van der Waals surface area (Å²) in [7, 11) is 1.63. The van der Waals surface area contributed by atoms with Crippen LogP contribution in [0.25, 0.3) is 0 Å². The average molecular weight is 320 g/mol. The summed E-state index contributed by atoms with van der Waals surface area (Å²) in [6, 6.07) is 4.38. The van der Waals surface area contributed by atoms with E-state index in [0.29, 0.717) is 24.4 Å². The van der Waals surface area contributed by atoms with Crippen molar-refractivity contribution in [3.63, 3.8) is 0 Å². The van der Waals surface area contributed by atoms with Crippen molar-refractivity contribution in [3.8, 4) is 5.88 Å². The molecule has 120 valence electrons. The van der Waals surface area contributed by atoms with Crippen LogP contribution in [0.4, 0.5) is 10.1 Å². The maximum atomic E-state index is 13.3. The Morgan fingerprint density at radius 3 is 3.04 bits per heavy atom. The molecule has 3 rings (SSSR count). The standard InChI is InChI=1S/C13H14BFN4O4/c14-9-5-7(1-2-10(9)15)16-12(17-20)11-13(19-23-18-11)22-8-3-4-21-6-8/h1-2,5,8,20H,3-4,6,14H2,(H,16,17). The molecule has 1 aromatic heterocycles. The molecule has 1 fully saturated rings. The van der Waals surface area contributed by atoms with Crippen molar-refractivity contribution in [2.24, 2.45) is 5.16 Å². The molecule has 1 unspecified atom stereocenters. The summed E-state index contributed by atoms with van der Waals surface area (Å²) in [5.41, 5.74) is 1.08. The van der Waals surface area contributed by atoms with Crippen LogP contribution < -0.4 is 15.5 Å².